The van der Waals surface area contributed by atoms with Crippen LogP contribution in [0.15, 0.2) is 24.5 Å². The molecule has 0 saturated carbocycles. The molecule has 0 aliphatic heterocycles. The number of hydroxylamine groups is 1. The van der Waals surface area contributed by atoms with Crippen LogP contribution in [-0.2, 0) is 0 Å². The highest BCUT2D eigenvalue weighted by Gasteiger charge is 2.02. The highest BCUT2D eigenvalue weighted by Crippen LogP contribution is 2.13. The molecule has 0 aliphatic carbocycles. The van der Waals surface area contributed by atoms with Crippen LogP contribution in [0.25, 0.3) is 0 Å². The third-order valence-electron chi connectivity index (χ3n) is 1.09. The first kappa shape index (κ1) is 7.47. The molecule has 0 spiro atoms. The molecule has 0 aromatic carbocycles. The van der Waals surface area contributed by atoms with Gasteiger partial charge in [-0.2, -0.15) is 5.48 Å². The van der Waals surface area contributed by atoms with E-state index in [1.807, 2.05) is 5.48 Å². The third-order valence-corrected chi connectivity index (χ3v) is 1.44. The zero-order valence-corrected chi connectivity index (χ0v) is 5.92. The SMILES string of the molecule is ONC(Cl)c1cccnc1. The van der Waals surface area contributed by atoms with Crippen molar-refractivity contribution in [2.75, 3.05) is 0 Å². The normalized spacial score (nSPS) is 13.0. The van der Waals surface area contributed by atoms with Crippen molar-refractivity contribution in [1.29, 1.82) is 0 Å². The Kier molecular flexibility index (Phi) is 2.62. The maximum absolute atomic E-state index is 8.38. The van der Waals surface area contributed by atoms with Crippen molar-refractivity contribution in [3.05, 3.63) is 30.1 Å². The van der Waals surface area contributed by atoms with Gasteiger partial charge < -0.3 is 5.21 Å². The Morgan fingerprint density at radius 1 is 1.70 bits per heavy atom. The van der Waals surface area contributed by atoms with Crippen molar-refractivity contribution in [3.8, 4) is 0 Å². The lowest BCUT2D eigenvalue weighted by Gasteiger charge is -2.04. The van der Waals surface area contributed by atoms with Gasteiger partial charge >= 0.3 is 0 Å². The molecule has 1 atom stereocenters. The molecule has 1 aromatic heterocycles. The zero-order valence-electron chi connectivity index (χ0n) is 5.16. The van der Waals surface area contributed by atoms with Gasteiger partial charge in [0.15, 0.2) is 0 Å². The Morgan fingerprint density at radius 3 is 3.00 bits per heavy atom. The Balaban J connectivity index is 2.75. The van der Waals surface area contributed by atoms with E-state index in [1.54, 1.807) is 24.5 Å². The minimum Gasteiger partial charge on any atom is -0.315 e. The maximum Gasteiger partial charge on any atom is 0.132 e. The molecule has 0 radical (unpaired) electrons. The summed E-state index contributed by atoms with van der Waals surface area (Å²) in [6, 6.07) is 3.52. The number of halogens is 1. The van der Waals surface area contributed by atoms with Gasteiger partial charge in [0.2, 0.25) is 0 Å². The first-order chi connectivity index (χ1) is 4.84. The molecule has 2 N–H and O–H groups in total. The number of pyridine rings is 1. The summed E-state index contributed by atoms with van der Waals surface area (Å²) in [7, 11) is 0. The number of rotatable bonds is 2. The predicted molar refractivity (Wildman–Crippen MR) is 37.8 cm³/mol. The summed E-state index contributed by atoms with van der Waals surface area (Å²) in [4.78, 5) is 3.82. The summed E-state index contributed by atoms with van der Waals surface area (Å²) >= 11 is 5.59. The summed E-state index contributed by atoms with van der Waals surface area (Å²) in [6.07, 6.45) is 3.23. The molecule has 0 bridgehead atoms. The molecule has 3 nitrogen and oxygen atoms in total. The topological polar surface area (TPSA) is 45.1 Å². The van der Waals surface area contributed by atoms with Gasteiger partial charge in [-0.25, -0.2) is 0 Å². The van der Waals surface area contributed by atoms with Gasteiger partial charge in [-0.05, 0) is 6.07 Å². The lowest BCUT2D eigenvalue weighted by molar-refractivity contribution is 0.155. The van der Waals surface area contributed by atoms with E-state index in [0.717, 1.165) is 5.56 Å². The average Bonchev–Trinajstić information content (AvgIpc) is 2.05. The lowest BCUT2D eigenvalue weighted by Crippen LogP contribution is -2.10. The lowest BCUT2D eigenvalue weighted by atomic mass is 10.3. The van der Waals surface area contributed by atoms with Crippen LogP contribution in [0.4, 0.5) is 0 Å². The molecule has 1 unspecified atom stereocenters. The van der Waals surface area contributed by atoms with Crippen molar-refractivity contribution in [2.45, 2.75) is 5.50 Å². The number of hydrogen-bond acceptors (Lipinski definition) is 3. The molecule has 54 valence electrons. The van der Waals surface area contributed by atoms with Gasteiger partial charge in [-0.3, -0.25) is 4.98 Å². The highest BCUT2D eigenvalue weighted by atomic mass is 35.5. The zero-order chi connectivity index (χ0) is 7.40. The summed E-state index contributed by atoms with van der Waals surface area (Å²) in [5.41, 5.74) is 2.07. The molecule has 4 heteroatoms. The van der Waals surface area contributed by atoms with Crippen LogP contribution in [0.5, 0.6) is 0 Å². The molecular formula is C6H7ClN2O. The van der Waals surface area contributed by atoms with Crippen molar-refractivity contribution in [3.63, 3.8) is 0 Å². The number of nitrogens with zero attached hydrogens (tertiary/aromatic N) is 1. The van der Waals surface area contributed by atoms with Crippen LogP contribution in [0.1, 0.15) is 11.1 Å². The van der Waals surface area contributed by atoms with Crippen LogP contribution in [-0.4, -0.2) is 10.2 Å². The molecule has 10 heavy (non-hydrogen) atoms. The van der Waals surface area contributed by atoms with Gasteiger partial charge in [-0.1, -0.05) is 17.7 Å². The van der Waals surface area contributed by atoms with Gasteiger partial charge in [0, 0.05) is 18.0 Å². The minimum absolute atomic E-state index is 0.575. The van der Waals surface area contributed by atoms with Gasteiger partial charge in [0.1, 0.15) is 5.50 Å². The van der Waals surface area contributed by atoms with Crippen LogP contribution >= 0.6 is 11.6 Å². The Hall–Kier alpha value is -0.640. The Bertz CT molecular complexity index is 192. The van der Waals surface area contributed by atoms with Crippen LogP contribution < -0.4 is 5.48 Å². The first-order valence-corrected chi connectivity index (χ1v) is 3.22. The van der Waals surface area contributed by atoms with Crippen molar-refractivity contribution in [1.82, 2.24) is 10.5 Å². The maximum atomic E-state index is 8.38. The quantitative estimate of drug-likeness (QED) is 0.388. The van der Waals surface area contributed by atoms with E-state index < -0.39 is 5.50 Å². The fourth-order valence-electron chi connectivity index (χ4n) is 0.600. The first-order valence-electron chi connectivity index (χ1n) is 2.78. The van der Waals surface area contributed by atoms with Gasteiger partial charge in [-0.15, -0.1) is 0 Å². The summed E-state index contributed by atoms with van der Waals surface area (Å²) in [6.45, 7) is 0. The number of hydrogen-bond donors (Lipinski definition) is 2. The van der Waals surface area contributed by atoms with E-state index in [-0.39, 0.29) is 0 Å². The van der Waals surface area contributed by atoms with Crippen molar-refractivity contribution >= 4 is 11.6 Å². The second-order valence-electron chi connectivity index (χ2n) is 1.78. The van der Waals surface area contributed by atoms with E-state index in [1.165, 1.54) is 0 Å². The van der Waals surface area contributed by atoms with E-state index >= 15 is 0 Å². The Labute approximate surface area is 63.6 Å². The van der Waals surface area contributed by atoms with Crippen molar-refractivity contribution in [2.24, 2.45) is 0 Å². The summed E-state index contributed by atoms with van der Waals surface area (Å²) in [5.74, 6) is 0. The summed E-state index contributed by atoms with van der Waals surface area (Å²) < 4.78 is 0. The fraction of sp³-hybridized carbons (Fsp3) is 0.167. The number of nitrogens with one attached hydrogen (secondary N) is 1. The monoisotopic (exact) mass is 158 g/mol. The molecule has 1 rings (SSSR count). The third kappa shape index (κ3) is 1.67. The van der Waals surface area contributed by atoms with Crippen LogP contribution in [0, 0.1) is 0 Å². The smallest absolute Gasteiger partial charge is 0.132 e. The van der Waals surface area contributed by atoms with E-state index in [2.05, 4.69) is 4.98 Å². The van der Waals surface area contributed by atoms with E-state index in [9.17, 15) is 0 Å². The number of aromatic nitrogens is 1. The number of alkyl halides is 1. The molecule has 1 heterocycles. The largest absolute Gasteiger partial charge is 0.315 e. The molecule has 0 aliphatic rings. The summed E-state index contributed by atoms with van der Waals surface area (Å²) in [5, 5.41) is 8.38. The average molecular weight is 159 g/mol. The Morgan fingerprint density at radius 2 is 2.50 bits per heavy atom. The second-order valence-corrected chi connectivity index (χ2v) is 2.21. The minimum atomic E-state index is -0.575. The van der Waals surface area contributed by atoms with E-state index in [0.29, 0.717) is 0 Å². The van der Waals surface area contributed by atoms with Gasteiger partial charge in [0.05, 0.1) is 0 Å². The van der Waals surface area contributed by atoms with Crippen molar-refractivity contribution < 1.29 is 5.21 Å². The van der Waals surface area contributed by atoms with Gasteiger partial charge in [0.25, 0.3) is 0 Å². The van der Waals surface area contributed by atoms with E-state index in [4.69, 9.17) is 16.8 Å². The molecule has 0 amide bonds. The second kappa shape index (κ2) is 3.51. The molecular weight excluding hydrogens is 152 g/mol. The predicted octanol–water partition coefficient (Wildman–Crippen LogP) is 1.30. The van der Waals surface area contributed by atoms with Crippen LogP contribution in [0.3, 0.4) is 0 Å². The highest BCUT2D eigenvalue weighted by molar-refractivity contribution is 6.20. The standard InChI is InChI=1S/C6H7ClN2O/c7-6(9-10)5-2-1-3-8-4-5/h1-4,6,9-10H. The molecule has 1 aromatic rings. The fourth-order valence-corrected chi connectivity index (χ4v) is 0.730. The molecule has 0 fully saturated rings. The van der Waals surface area contributed by atoms with Crippen LogP contribution in [0.2, 0.25) is 0 Å². The molecule has 0 saturated heterocycles.